The average Bonchev–Trinajstić information content (AvgIpc) is 2.51. The van der Waals surface area contributed by atoms with Crippen LogP contribution in [-0.2, 0) is 11.2 Å². The van der Waals surface area contributed by atoms with Crippen LogP contribution in [0.15, 0.2) is 18.2 Å². The minimum atomic E-state index is -0.903. The molecule has 7 heteroatoms. The number of piperidine rings is 1. The molecule has 0 bridgehead atoms. The summed E-state index contributed by atoms with van der Waals surface area (Å²) in [5.41, 5.74) is 0.601. The lowest BCUT2D eigenvalue weighted by atomic mass is 9.97. The van der Waals surface area contributed by atoms with Crippen molar-refractivity contribution in [3.63, 3.8) is 0 Å². The number of benzene rings is 1. The molecule has 120 valence electrons. The van der Waals surface area contributed by atoms with E-state index < -0.39 is 17.6 Å². The van der Waals surface area contributed by atoms with E-state index in [0.717, 1.165) is 12.1 Å². The van der Waals surface area contributed by atoms with Crippen LogP contribution in [0.25, 0.3) is 0 Å². The Labute approximate surface area is 126 Å². The van der Waals surface area contributed by atoms with Gasteiger partial charge in [-0.05, 0) is 37.0 Å². The summed E-state index contributed by atoms with van der Waals surface area (Å²) in [5.74, 6) is -3.00. The Balaban J connectivity index is 1.74. The van der Waals surface area contributed by atoms with Gasteiger partial charge in [-0.1, -0.05) is 6.07 Å². The zero-order chi connectivity index (χ0) is 16.1. The molecule has 1 aliphatic heterocycles. The van der Waals surface area contributed by atoms with Crippen LogP contribution in [-0.4, -0.2) is 41.6 Å². The number of urea groups is 1. The van der Waals surface area contributed by atoms with Crippen molar-refractivity contribution >= 4 is 12.0 Å². The Morgan fingerprint density at radius 1 is 1.23 bits per heavy atom. The van der Waals surface area contributed by atoms with Gasteiger partial charge in [-0.25, -0.2) is 13.6 Å². The molecule has 0 saturated carbocycles. The fourth-order valence-electron chi connectivity index (χ4n) is 2.45. The van der Waals surface area contributed by atoms with Gasteiger partial charge in [0.2, 0.25) is 0 Å². The number of aliphatic carboxylic acids is 1. The Kier molecular flexibility index (Phi) is 5.30. The van der Waals surface area contributed by atoms with E-state index in [1.807, 2.05) is 0 Å². The highest BCUT2D eigenvalue weighted by atomic mass is 19.2. The van der Waals surface area contributed by atoms with E-state index in [1.54, 1.807) is 4.90 Å². The fourth-order valence-corrected chi connectivity index (χ4v) is 2.45. The Morgan fingerprint density at radius 2 is 1.91 bits per heavy atom. The number of hydrogen-bond donors (Lipinski definition) is 2. The molecule has 0 atom stereocenters. The van der Waals surface area contributed by atoms with Crippen LogP contribution in [0, 0.1) is 17.6 Å². The zero-order valence-electron chi connectivity index (χ0n) is 12.0. The molecule has 5 nitrogen and oxygen atoms in total. The smallest absolute Gasteiger partial charge is 0.317 e. The van der Waals surface area contributed by atoms with Crippen LogP contribution in [0.3, 0.4) is 0 Å². The van der Waals surface area contributed by atoms with E-state index in [4.69, 9.17) is 5.11 Å². The maximum Gasteiger partial charge on any atom is 0.317 e. The second kappa shape index (κ2) is 7.20. The van der Waals surface area contributed by atoms with Crippen LogP contribution in [0.1, 0.15) is 18.4 Å². The first kappa shape index (κ1) is 16.2. The maximum atomic E-state index is 13.0. The largest absolute Gasteiger partial charge is 0.481 e. The van der Waals surface area contributed by atoms with Crippen LogP contribution >= 0.6 is 0 Å². The van der Waals surface area contributed by atoms with Gasteiger partial charge in [0, 0.05) is 19.6 Å². The monoisotopic (exact) mass is 312 g/mol. The number of likely N-dealkylation sites (tertiary alicyclic amines) is 1. The molecule has 0 aromatic heterocycles. The molecule has 0 spiro atoms. The normalized spacial score (nSPS) is 15.6. The zero-order valence-corrected chi connectivity index (χ0v) is 12.0. The summed E-state index contributed by atoms with van der Waals surface area (Å²) in [7, 11) is 0. The SMILES string of the molecule is O=C(O)C1CCN(C(=O)NCCc2ccc(F)c(F)c2)CC1. The van der Waals surface area contributed by atoms with Crippen LogP contribution in [0.5, 0.6) is 0 Å². The van der Waals surface area contributed by atoms with Gasteiger partial charge in [-0.2, -0.15) is 0 Å². The second-order valence-corrected chi connectivity index (χ2v) is 5.33. The summed E-state index contributed by atoms with van der Waals surface area (Å²) < 4.78 is 25.8. The molecule has 1 heterocycles. The molecule has 0 unspecified atom stereocenters. The lowest BCUT2D eigenvalue weighted by Gasteiger charge is -2.30. The number of carboxylic acids is 1. The molecule has 0 aliphatic carbocycles. The molecule has 1 fully saturated rings. The minimum absolute atomic E-state index is 0.258. The van der Waals surface area contributed by atoms with Crippen molar-refractivity contribution < 1.29 is 23.5 Å². The molecule has 1 aliphatic rings. The third kappa shape index (κ3) is 4.16. The van der Waals surface area contributed by atoms with Crippen molar-refractivity contribution in [2.24, 2.45) is 5.92 Å². The number of hydrogen-bond acceptors (Lipinski definition) is 2. The number of carbonyl (C=O) groups is 2. The molecule has 2 N–H and O–H groups in total. The van der Waals surface area contributed by atoms with Crippen molar-refractivity contribution in [2.75, 3.05) is 19.6 Å². The van der Waals surface area contributed by atoms with E-state index in [0.29, 0.717) is 44.5 Å². The number of rotatable bonds is 4. The van der Waals surface area contributed by atoms with Crippen LogP contribution in [0.2, 0.25) is 0 Å². The van der Waals surface area contributed by atoms with E-state index in [9.17, 15) is 18.4 Å². The van der Waals surface area contributed by atoms with Crippen molar-refractivity contribution in [3.05, 3.63) is 35.4 Å². The molecule has 1 aromatic rings. The van der Waals surface area contributed by atoms with Gasteiger partial charge in [-0.3, -0.25) is 4.79 Å². The van der Waals surface area contributed by atoms with Gasteiger partial charge in [0.1, 0.15) is 0 Å². The predicted molar refractivity (Wildman–Crippen MR) is 75.4 cm³/mol. The number of carboxylic acid groups (broad SMARTS) is 1. The highest BCUT2D eigenvalue weighted by molar-refractivity contribution is 5.75. The van der Waals surface area contributed by atoms with Crippen LogP contribution < -0.4 is 5.32 Å². The number of carbonyl (C=O) groups excluding carboxylic acids is 1. The summed E-state index contributed by atoms with van der Waals surface area (Å²) in [5, 5.41) is 11.6. The lowest BCUT2D eigenvalue weighted by molar-refractivity contribution is -0.143. The first-order valence-corrected chi connectivity index (χ1v) is 7.17. The van der Waals surface area contributed by atoms with Crippen molar-refractivity contribution in [3.8, 4) is 0 Å². The Hall–Kier alpha value is -2.18. The van der Waals surface area contributed by atoms with E-state index in [-0.39, 0.29) is 11.9 Å². The van der Waals surface area contributed by atoms with E-state index in [1.165, 1.54) is 6.07 Å². The Bertz CT molecular complexity index is 558. The van der Waals surface area contributed by atoms with Gasteiger partial charge in [0.15, 0.2) is 11.6 Å². The van der Waals surface area contributed by atoms with E-state index in [2.05, 4.69) is 5.32 Å². The van der Waals surface area contributed by atoms with Gasteiger partial charge < -0.3 is 15.3 Å². The van der Waals surface area contributed by atoms with Gasteiger partial charge in [-0.15, -0.1) is 0 Å². The summed E-state index contributed by atoms with van der Waals surface area (Å²) in [4.78, 5) is 24.3. The third-order valence-corrected chi connectivity index (χ3v) is 3.81. The lowest BCUT2D eigenvalue weighted by Crippen LogP contribution is -2.45. The van der Waals surface area contributed by atoms with Crippen molar-refractivity contribution in [1.82, 2.24) is 10.2 Å². The molecule has 22 heavy (non-hydrogen) atoms. The third-order valence-electron chi connectivity index (χ3n) is 3.81. The molecule has 2 rings (SSSR count). The maximum absolute atomic E-state index is 13.0. The average molecular weight is 312 g/mol. The van der Waals surface area contributed by atoms with Crippen LogP contribution in [0.4, 0.5) is 13.6 Å². The number of halogens is 2. The highest BCUT2D eigenvalue weighted by Crippen LogP contribution is 2.17. The van der Waals surface area contributed by atoms with Gasteiger partial charge in [0.25, 0.3) is 0 Å². The first-order valence-electron chi connectivity index (χ1n) is 7.17. The van der Waals surface area contributed by atoms with Gasteiger partial charge in [0.05, 0.1) is 5.92 Å². The second-order valence-electron chi connectivity index (χ2n) is 5.33. The summed E-state index contributed by atoms with van der Waals surface area (Å²) in [6.45, 7) is 1.13. The minimum Gasteiger partial charge on any atom is -0.481 e. The summed E-state index contributed by atoms with van der Waals surface area (Å²) >= 11 is 0. The molecular weight excluding hydrogens is 294 g/mol. The van der Waals surface area contributed by atoms with Crippen molar-refractivity contribution in [1.29, 1.82) is 0 Å². The Morgan fingerprint density at radius 3 is 2.50 bits per heavy atom. The molecule has 2 amide bonds. The number of nitrogens with one attached hydrogen (secondary N) is 1. The van der Waals surface area contributed by atoms with Gasteiger partial charge >= 0.3 is 12.0 Å². The van der Waals surface area contributed by atoms with E-state index >= 15 is 0 Å². The topological polar surface area (TPSA) is 69.6 Å². The summed E-state index contributed by atoms with van der Waals surface area (Å²) in [6, 6.07) is 3.39. The predicted octanol–water partition coefficient (Wildman–Crippen LogP) is 2.01. The molecule has 1 saturated heterocycles. The first-order chi connectivity index (χ1) is 10.5. The number of nitrogens with zero attached hydrogens (tertiary/aromatic N) is 1. The number of amides is 2. The van der Waals surface area contributed by atoms with Crippen molar-refractivity contribution in [2.45, 2.75) is 19.3 Å². The highest BCUT2D eigenvalue weighted by Gasteiger charge is 2.26. The molecular formula is C15H18F2N2O3. The molecule has 1 aromatic carbocycles. The summed E-state index contributed by atoms with van der Waals surface area (Å²) in [6.07, 6.45) is 1.30. The standard InChI is InChI=1S/C15H18F2N2O3/c16-12-2-1-10(9-13(12)17)3-6-18-15(22)19-7-4-11(5-8-19)14(20)21/h1-2,9,11H,3-8H2,(H,18,22)(H,20,21). The quantitative estimate of drug-likeness (QED) is 0.893. The fraction of sp³-hybridized carbons (Fsp3) is 0.467. The molecule has 0 radical (unpaired) electrons.